The second-order valence-electron chi connectivity index (χ2n) is 8.44. The van der Waals surface area contributed by atoms with E-state index in [0.717, 1.165) is 11.1 Å². The molecule has 0 saturated carbocycles. The summed E-state index contributed by atoms with van der Waals surface area (Å²) in [6.45, 7) is 8.43. The Kier molecular flexibility index (Phi) is 6.59. The zero-order valence-corrected chi connectivity index (χ0v) is 18.2. The van der Waals surface area contributed by atoms with Crippen LogP contribution in [0.2, 0.25) is 0 Å². The molecule has 0 fully saturated rings. The van der Waals surface area contributed by atoms with Crippen LogP contribution in [0.3, 0.4) is 0 Å². The summed E-state index contributed by atoms with van der Waals surface area (Å²) in [5.41, 5.74) is 3.18. The van der Waals surface area contributed by atoms with Gasteiger partial charge in [0.05, 0.1) is 12.2 Å². The summed E-state index contributed by atoms with van der Waals surface area (Å²) in [4.78, 5) is 24.7. The molecule has 1 aliphatic carbocycles. The molecule has 0 aromatic heterocycles. The van der Waals surface area contributed by atoms with E-state index in [1.54, 1.807) is 25.1 Å². The largest absolute Gasteiger partial charge is 0.462 e. The molecule has 2 aromatic carbocycles. The summed E-state index contributed by atoms with van der Waals surface area (Å²) in [6, 6.07) is 12.3. The SMILES string of the molecule is CCOC(=O)c1cccc(C2=CC(C(C)(C)C)C=C2NC(=O)Nc2ccc(F)cc2)c1. The van der Waals surface area contributed by atoms with Gasteiger partial charge in [0.25, 0.3) is 0 Å². The number of ether oxygens (including phenoxy) is 1. The standard InChI is InChI=1S/C25H27FN2O3/c1-5-31-23(29)17-8-6-7-16(13-17)21-14-18(25(2,3)4)15-22(21)28-24(30)27-20-11-9-19(26)10-12-20/h6-15,18H,5H2,1-4H3,(H2,27,28,30). The summed E-state index contributed by atoms with van der Waals surface area (Å²) < 4.78 is 18.2. The highest BCUT2D eigenvalue weighted by Gasteiger charge is 2.29. The third kappa shape index (κ3) is 5.60. The number of hydrogen-bond donors (Lipinski definition) is 2. The number of benzene rings is 2. The smallest absolute Gasteiger partial charge is 0.338 e. The van der Waals surface area contributed by atoms with Crippen LogP contribution in [0, 0.1) is 17.2 Å². The lowest BCUT2D eigenvalue weighted by atomic mass is 9.81. The van der Waals surface area contributed by atoms with Gasteiger partial charge in [-0.1, -0.05) is 45.1 Å². The number of anilines is 1. The molecule has 0 radical (unpaired) electrons. The molecule has 1 unspecified atom stereocenters. The number of esters is 1. The average molecular weight is 423 g/mol. The molecule has 2 amide bonds. The molecule has 0 saturated heterocycles. The Balaban J connectivity index is 1.86. The number of rotatable bonds is 5. The van der Waals surface area contributed by atoms with E-state index in [0.29, 0.717) is 23.6 Å². The Morgan fingerprint density at radius 1 is 1.03 bits per heavy atom. The summed E-state index contributed by atoms with van der Waals surface area (Å²) in [5, 5.41) is 5.61. The van der Waals surface area contributed by atoms with Gasteiger partial charge in [0.2, 0.25) is 0 Å². The van der Waals surface area contributed by atoms with E-state index < -0.39 is 6.03 Å². The number of hydrogen-bond acceptors (Lipinski definition) is 3. The fourth-order valence-corrected chi connectivity index (χ4v) is 3.29. The third-order valence-corrected chi connectivity index (χ3v) is 5.02. The highest BCUT2D eigenvalue weighted by molar-refractivity contribution is 5.96. The minimum Gasteiger partial charge on any atom is -0.462 e. The lowest BCUT2D eigenvalue weighted by Gasteiger charge is -2.23. The summed E-state index contributed by atoms with van der Waals surface area (Å²) in [7, 11) is 0. The van der Waals surface area contributed by atoms with Crippen molar-refractivity contribution in [2.24, 2.45) is 11.3 Å². The maximum absolute atomic E-state index is 13.1. The van der Waals surface area contributed by atoms with Crippen LogP contribution in [0.4, 0.5) is 14.9 Å². The number of nitrogens with one attached hydrogen (secondary N) is 2. The van der Waals surface area contributed by atoms with Gasteiger partial charge in [-0.2, -0.15) is 0 Å². The van der Waals surface area contributed by atoms with Crippen molar-refractivity contribution in [3.8, 4) is 0 Å². The van der Waals surface area contributed by atoms with Crippen LogP contribution in [0.5, 0.6) is 0 Å². The number of halogens is 1. The molecule has 5 nitrogen and oxygen atoms in total. The lowest BCUT2D eigenvalue weighted by molar-refractivity contribution is 0.0526. The Bertz CT molecular complexity index is 1030. The maximum atomic E-state index is 13.1. The van der Waals surface area contributed by atoms with Crippen molar-refractivity contribution in [1.82, 2.24) is 5.32 Å². The van der Waals surface area contributed by atoms with Crippen molar-refractivity contribution >= 4 is 23.3 Å². The maximum Gasteiger partial charge on any atom is 0.338 e. The Hall–Kier alpha value is -3.41. The molecule has 1 atom stereocenters. The van der Waals surface area contributed by atoms with E-state index in [1.165, 1.54) is 24.3 Å². The first-order chi connectivity index (χ1) is 14.7. The first kappa shape index (κ1) is 22.3. The van der Waals surface area contributed by atoms with Crippen LogP contribution in [-0.2, 0) is 4.74 Å². The third-order valence-electron chi connectivity index (χ3n) is 5.02. The van der Waals surface area contributed by atoms with Crippen LogP contribution in [-0.4, -0.2) is 18.6 Å². The van der Waals surface area contributed by atoms with Crippen LogP contribution in [0.1, 0.15) is 43.6 Å². The highest BCUT2D eigenvalue weighted by atomic mass is 19.1. The van der Waals surface area contributed by atoms with E-state index in [2.05, 4.69) is 37.5 Å². The van der Waals surface area contributed by atoms with Gasteiger partial charge in [-0.15, -0.1) is 0 Å². The van der Waals surface area contributed by atoms with Gasteiger partial charge in [-0.3, -0.25) is 0 Å². The number of allylic oxidation sites excluding steroid dienone is 3. The second kappa shape index (κ2) is 9.16. The van der Waals surface area contributed by atoms with Crippen molar-refractivity contribution in [1.29, 1.82) is 0 Å². The number of urea groups is 1. The number of carbonyl (C=O) groups is 2. The lowest BCUT2D eigenvalue weighted by Crippen LogP contribution is -2.28. The quantitative estimate of drug-likeness (QED) is 0.602. The van der Waals surface area contributed by atoms with Gasteiger partial charge in [0, 0.05) is 22.9 Å². The van der Waals surface area contributed by atoms with Crippen LogP contribution >= 0.6 is 0 Å². The van der Waals surface area contributed by atoms with Gasteiger partial charge in [-0.05, 0) is 54.3 Å². The summed E-state index contributed by atoms with van der Waals surface area (Å²) >= 11 is 0. The van der Waals surface area contributed by atoms with Crippen LogP contribution in [0.25, 0.3) is 5.57 Å². The number of amides is 2. The zero-order chi connectivity index (χ0) is 22.6. The molecule has 162 valence electrons. The average Bonchev–Trinajstić information content (AvgIpc) is 3.14. The van der Waals surface area contributed by atoms with E-state index in [1.807, 2.05) is 12.1 Å². The number of carbonyl (C=O) groups excluding carboxylic acids is 2. The van der Waals surface area contributed by atoms with Crippen molar-refractivity contribution < 1.29 is 18.7 Å². The van der Waals surface area contributed by atoms with Crippen LogP contribution in [0.15, 0.2) is 66.4 Å². The van der Waals surface area contributed by atoms with Crippen molar-refractivity contribution in [2.45, 2.75) is 27.7 Å². The minimum atomic E-state index is -0.431. The molecular weight excluding hydrogens is 395 g/mol. The Labute approximate surface area is 182 Å². The fourth-order valence-electron chi connectivity index (χ4n) is 3.29. The Morgan fingerprint density at radius 3 is 2.39 bits per heavy atom. The second-order valence-corrected chi connectivity index (χ2v) is 8.44. The monoisotopic (exact) mass is 422 g/mol. The molecule has 3 rings (SSSR count). The zero-order valence-electron chi connectivity index (χ0n) is 18.2. The Morgan fingerprint density at radius 2 is 1.74 bits per heavy atom. The first-order valence-electron chi connectivity index (χ1n) is 10.2. The van der Waals surface area contributed by atoms with E-state index in [9.17, 15) is 14.0 Å². The molecule has 1 aliphatic rings. The molecule has 6 heteroatoms. The van der Waals surface area contributed by atoms with E-state index in [4.69, 9.17) is 4.74 Å². The van der Waals surface area contributed by atoms with Crippen molar-refractivity contribution in [3.05, 3.63) is 83.3 Å². The fraction of sp³-hybridized carbons (Fsp3) is 0.280. The summed E-state index contributed by atoms with van der Waals surface area (Å²) in [5.74, 6) is -0.665. The predicted octanol–water partition coefficient (Wildman–Crippen LogP) is 5.77. The van der Waals surface area contributed by atoms with Gasteiger partial charge >= 0.3 is 12.0 Å². The molecule has 31 heavy (non-hydrogen) atoms. The topological polar surface area (TPSA) is 67.4 Å². The molecule has 0 spiro atoms. The summed E-state index contributed by atoms with van der Waals surface area (Å²) in [6.07, 6.45) is 4.11. The molecule has 0 aliphatic heterocycles. The molecule has 2 N–H and O–H groups in total. The normalized spacial score (nSPS) is 15.7. The molecule has 0 bridgehead atoms. The van der Waals surface area contributed by atoms with Crippen LogP contribution < -0.4 is 10.6 Å². The molecule has 0 heterocycles. The molecular formula is C25H27FN2O3. The predicted molar refractivity (Wildman–Crippen MR) is 120 cm³/mol. The van der Waals surface area contributed by atoms with Crippen molar-refractivity contribution in [3.63, 3.8) is 0 Å². The first-order valence-corrected chi connectivity index (χ1v) is 10.2. The van der Waals surface area contributed by atoms with Crippen molar-refractivity contribution in [2.75, 3.05) is 11.9 Å². The van der Waals surface area contributed by atoms with Gasteiger partial charge in [0.15, 0.2) is 0 Å². The molecule has 2 aromatic rings. The van der Waals surface area contributed by atoms with E-state index >= 15 is 0 Å². The van der Waals surface area contributed by atoms with Gasteiger partial charge < -0.3 is 15.4 Å². The highest BCUT2D eigenvalue weighted by Crippen LogP contribution is 2.39. The van der Waals surface area contributed by atoms with E-state index in [-0.39, 0.29) is 23.1 Å². The minimum absolute atomic E-state index is 0.0547. The van der Waals surface area contributed by atoms with Gasteiger partial charge in [0.1, 0.15) is 5.82 Å². The van der Waals surface area contributed by atoms with Gasteiger partial charge in [-0.25, -0.2) is 14.0 Å².